The minimum atomic E-state index is -3.91. The molecule has 0 fully saturated rings. The third-order valence-electron chi connectivity index (χ3n) is 4.37. The largest absolute Gasteiger partial charge is 0.486 e. The molecule has 0 saturated heterocycles. The Kier molecular flexibility index (Phi) is 6.12. The summed E-state index contributed by atoms with van der Waals surface area (Å²) < 4.78 is 44.0. The lowest BCUT2D eigenvalue weighted by molar-refractivity contribution is 0.0526. The Morgan fingerprint density at radius 2 is 1.90 bits per heavy atom. The molecule has 7 nitrogen and oxygen atoms in total. The Balaban J connectivity index is 2.01. The molecule has 0 aromatic heterocycles. The van der Waals surface area contributed by atoms with Crippen molar-refractivity contribution in [3.05, 3.63) is 60.2 Å². The van der Waals surface area contributed by atoms with Gasteiger partial charge in [0.2, 0.25) is 0 Å². The monoisotopic (exact) mass is 417 g/mol. The van der Waals surface area contributed by atoms with Crippen LogP contribution in [0.25, 0.3) is 0 Å². The van der Waals surface area contributed by atoms with Crippen LogP contribution in [0.2, 0.25) is 0 Å². The van der Waals surface area contributed by atoms with Crippen LogP contribution in [0.5, 0.6) is 11.5 Å². The summed E-state index contributed by atoms with van der Waals surface area (Å²) >= 11 is 0. The van der Waals surface area contributed by atoms with Crippen LogP contribution >= 0.6 is 0 Å². The second-order valence-electron chi connectivity index (χ2n) is 6.35. The number of ether oxygens (including phenoxy) is 3. The van der Waals surface area contributed by atoms with Crippen LogP contribution in [0.3, 0.4) is 0 Å². The molecular weight excluding hydrogens is 394 g/mol. The number of carbonyl (C=O) groups is 1. The summed E-state index contributed by atoms with van der Waals surface area (Å²) in [5.41, 5.74) is 1.44. The molecule has 0 spiro atoms. The number of fused-ring (bicyclic) bond motifs is 1. The summed E-state index contributed by atoms with van der Waals surface area (Å²) in [5, 5.41) is 0. The summed E-state index contributed by atoms with van der Waals surface area (Å²) in [6, 6.07) is 9.30. The summed E-state index contributed by atoms with van der Waals surface area (Å²) in [7, 11) is -3.91. The maximum absolute atomic E-state index is 13.4. The highest BCUT2D eigenvalue weighted by Crippen LogP contribution is 2.35. The number of sulfonamides is 1. The van der Waals surface area contributed by atoms with Gasteiger partial charge in [0.05, 0.1) is 29.3 Å². The highest BCUT2D eigenvalue weighted by molar-refractivity contribution is 7.92. The van der Waals surface area contributed by atoms with Gasteiger partial charge in [0.15, 0.2) is 11.5 Å². The third-order valence-corrected chi connectivity index (χ3v) is 6.15. The first-order valence-corrected chi connectivity index (χ1v) is 10.6. The molecule has 29 heavy (non-hydrogen) atoms. The van der Waals surface area contributed by atoms with E-state index in [0.717, 1.165) is 0 Å². The number of nitrogens with zero attached hydrogens (tertiary/aromatic N) is 1. The zero-order chi connectivity index (χ0) is 21.0. The van der Waals surface area contributed by atoms with Crippen molar-refractivity contribution in [2.75, 3.05) is 30.7 Å². The maximum Gasteiger partial charge on any atom is 0.338 e. The SMILES string of the molecule is C=CCN(c1ccc(C(=O)OCC)cc1C)S(=O)(=O)c1ccc2c(c1)OCCO2. The lowest BCUT2D eigenvalue weighted by Gasteiger charge is -2.26. The quantitative estimate of drug-likeness (QED) is 0.508. The van der Waals surface area contributed by atoms with Gasteiger partial charge in [0, 0.05) is 6.07 Å². The maximum atomic E-state index is 13.4. The average molecular weight is 417 g/mol. The minimum absolute atomic E-state index is 0.0658. The topological polar surface area (TPSA) is 82.1 Å². The fourth-order valence-electron chi connectivity index (χ4n) is 3.03. The van der Waals surface area contributed by atoms with Gasteiger partial charge in [-0.3, -0.25) is 4.31 Å². The molecule has 0 aliphatic carbocycles. The minimum Gasteiger partial charge on any atom is -0.486 e. The molecule has 0 amide bonds. The standard InChI is InChI=1S/C21H23NO6S/c1-4-10-22(18-8-6-16(13-15(18)3)21(23)26-5-2)29(24,25)17-7-9-19-20(14-17)28-12-11-27-19/h4,6-9,13-14H,1,5,10-12H2,2-3H3. The molecule has 0 radical (unpaired) electrons. The smallest absolute Gasteiger partial charge is 0.338 e. The van der Waals surface area contributed by atoms with E-state index in [1.54, 1.807) is 38.1 Å². The van der Waals surface area contributed by atoms with Gasteiger partial charge >= 0.3 is 5.97 Å². The molecule has 1 heterocycles. The highest BCUT2D eigenvalue weighted by atomic mass is 32.2. The summed E-state index contributed by atoms with van der Waals surface area (Å²) in [6.45, 7) is 8.27. The van der Waals surface area contributed by atoms with Crippen LogP contribution in [0.4, 0.5) is 5.69 Å². The molecule has 1 aliphatic rings. The fraction of sp³-hybridized carbons (Fsp3) is 0.286. The molecule has 0 N–H and O–H groups in total. The number of hydrogen-bond acceptors (Lipinski definition) is 6. The molecule has 0 saturated carbocycles. The first-order chi connectivity index (χ1) is 13.9. The first-order valence-electron chi connectivity index (χ1n) is 9.19. The van der Waals surface area contributed by atoms with E-state index in [4.69, 9.17) is 14.2 Å². The van der Waals surface area contributed by atoms with Crippen molar-refractivity contribution >= 4 is 21.7 Å². The Labute approximate surface area is 170 Å². The van der Waals surface area contributed by atoms with Gasteiger partial charge in [-0.15, -0.1) is 6.58 Å². The summed E-state index contributed by atoms with van der Waals surface area (Å²) in [4.78, 5) is 12.0. The lowest BCUT2D eigenvalue weighted by Crippen LogP contribution is -2.32. The van der Waals surface area contributed by atoms with Crippen LogP contribution in [0.15, 0.2) is 53.9 Å². The van der Waals surface area contributed by atoms with Crippen molar-refractivity contribution in [2.24, 2.45) is 0 Å². The van der Waals surface area contributed by atoms with Crippen molar-refractivity contribution in [3.63, 3.8) is 0 Å². The summed E-state index contributed by atoms with van der Waals surface area (Å²) in [5.74, 6) is 0.456. The third kappa shape index (κ3) is 4.22. The van der Waals surface area contributed by atoms with Crippen LogP contribution < -0.4 is 13.8 Å². The molecule has 2 aromatic rings. The molecule has 0 unspecified atom stereocenters. The molecule has 8 heteroatoms. The van der Waals surface area contributed by atoms with Gasteiger partial charge in [-0.1, -0.05) is 6.08 Å². The predicted octanol–water partition coefficient (Wildman–Crippen LogP) is 3.32. The molecule has 154 valence electrons. The number of benzene rings is 2. The van der Waals surface area contributed by atoms with Gasteiger partial charge < -0.3 is 14.2 Å². The van der Waals surface area contributed by atoms with Gasteiger partial charge in [0.1, 0.15) is 13.2 Å². The number of hydrogen-bond donors (Lipinski definition) is 0. The van der Waals surface area contributed by atoms with Gasteiger partial charge in [-0.25, -0.2) is 13.2 Å². The van der Waals surface area contributed by atoms with E-state index < -0.39 is 16.0 Å². The Bertz CT molecular complexity index is 1030. The predicted molar refractivity (Wildman–Crippen MR) is 109 cm³/mol. The van der Waals surface area contributed by atoms with E-state index in [2.05, 4.69) is 6.58 Å². The second-order valence-corrected chi connectivity index (χ2v) is 8.21. The molecular formula is C21H23NO6S. The zero-order valence-corrected chi connectivity index (χ0v) is 17.2. The number of esters is 1. The van der Waals surface area contributed by atoms with Crippen LogP contribution in [0.1, 0.15) is 22.8 Å². The van der Waals surface area contributed by atoms with Crippen LogP contribution in [0, 0.1) is 6.92 Å². The number of rotatable bonds is 7. The highest BCUT2D eigenvalue weighted by Gasteiger charge is 2.27. The second kappa shape index (κ2) is 8.57. The van der Waals surface area contributed by atoms with E-state index in [1.165, 1.54) is 22.5 Å². The van der Waals surface area contributed by atoms with Gasteiger partial charge in [-0.05, 0) is 49.7 Å². The van der Waals surface area contributed by atoms with Crippen molar-refractivity contribution in [1.29, 1.82) is 0 Å². The van der Waals surface area contributed by atoms with Crippen LogP contribution in [-0.2, 0) is 14.8 Å². The molecule has 0 atom stereocenters. The normalized spacial score (nSPS) is 12.9. The van der Waals surface area contributed by atoms with Crippen LogP contribution in [-0.4, -0.2) is 40.8 Å². The number of anilines is 1. The Morgan fingerprint density at radius 3 is 2.55 bits per heavy atom. The number of carbonyl (C=O) groups excluding carboxylic acids is 1. The first kappa shape index (κ1) is 20.7. The van der Waals surface area contributed by atoms with E-state index >= 15 is 0 Å². The molecule has 1 aliphatic heterocycles. The van der Waals surface area contributed by atoms with Gasteiger partial charge in [0.25, 0.3) is 10.0 Å². The Morgan fingerprint density at radius 1 is 1.17 bits per heavy atom. The van der Waals surface area contributed by atoms with E-state index in [9.17, 15) is 13.2 Å². The molecule has 3 rings (SSSR count). The Hall–Kier alpha value is -3.00. The molecule has 2 aromatic carbocycles. The van der Waals surface area contributed by atoms with Gasteiger partial charge in [-0.2, -0.15) is 0 Å². The lowest BCUT2D eigenvalue weighted by atomic mass is 10.1. The van der Waals surface area contributed by atoms with Crippen molar-refractivity contribution in [2.45, 2.75) is 18.7 Å². The van der Waals surface area contributed by atoms with Crippen molar-refractivity contribution in [1.82, 2.24) is 0 Å². The zero-order valence-electron chi connectivity index (χ0n) is 16.4. The average Bonchev–Trinajstić information content (AvgIpc) is 2.72. The number of aryl methyl sites for hydroxylation is 1. The summed E-state index contributed by atoms with van der Waals surface area (Å²) in [6.07, 6.45) is 1.51. The molecule has 0 bridgehead atoms. The van der Waals surface area contributed by atoms with E-state index in [1.807, 2.05) is 0 Å². The van der Waals surface area contributed by atoms with E-state index in [-0.39, 0.29) is 18.0 Å². The fourth-order valence-corrected chi connectivity index (χ4v) is 4.55. The van der Waals surface area contributed by atoms with Crippen molar-refractivity contribution < 1.29 is 27.4 Å². The van der Waals surface area contributed by atoms with E-state index in [0.29, 0.717) is 41.5 Å². The van der Waals surface area contributed by atoms with Crippen molar-refractivity contribution in [3.8, 4) is 11.5 Å².